The molecule has 0 bridgehead atoms. The highest BCUT2D eigenvalue weighted by atomic mass is 79.9. The molecular weight excluding hydrogens is 406 g/mol. The molecule has 4 heterocycles. The summed E-state index contributed by atoms with van der Waals surface area (Å²) < 4.78 is 7.46. The number of thioether (sulfide) groups is 1. The molecule has 132 valence electrons. The number of carbonyl (C=O) groups excluding carboxylic acids is 1. The Kier molecular flexibility index (Phi) is 4.73. The van der Waals surface area contributed by atoms with Crippen LogP contribution in [0.3, 0.4) is 0 Å². The van der Waals surface area contributed by atoms with Crippen LogP contribution >= 0.6 is 27.7 Å². The number of halogens is 1. The van der Waals surface area contributed by atoms with Gasteiger partial charge in [0.15, 0.2) is 10.4 Å². The van der Waals surface area contributed by atoms with Gasteiger partial charge in [0.25, 0.3) is 11.5 Å². The van der Waals surface area contributed by atoms with Crippen molar-refractivity contribution in [1.29, 1.82) is 0 Å². The molecule has 2 aromatic heterocycles. The molecule has 1 unspecified atom stereocenters. The quantitative estimate of drug-likeness (QED) is 0.758. The predicted molar refractivity (Wildman–Crippen MR) is 98.8 cm³/mol. The maximum absolute atomic E-state index is 12.7. The van der Waals surface area contributed by atoms with Gasteiger partial charge in [0, 0.05) is 24.8 Å². The first-order valence-electron chi connectivity index (χ1n) is 8.36. The first kappa shape index (κ1) is 16.9. The highest BCUT2D eigenvalue weighted by molar-refractivity contribution is 9.10. The average Bonchev–Trinajstić information content (AvgIpc) is 3.24. The summed E-state index contributed by atoms with van der Waals surface area (Å²) in [6, 6.07) is 5.06. The summed E-state index contributed by atoms with van der Waals surface area (Å²) >= 11 is 5.06. The maximum Gasteiger partial charge on any atom is 0.289 e. The first-order chi connectivity index (χ1) is 12.1. The van der Waals surface area contributed by atoms with Crippen LogP contribution < -0.4 is 5.56 Å². The zero-order valence-corrected chi connectivity index (χ0v) is 16.0. The van der Waals surface area contributed by atoms with Crippen molar-refractivity contribution >= 4 is 33.6 Å². The Morgan fingerprint density at radius 2 is 2.32 bits per heavy atom. The van der Waals surface area contributed by atoms with E-state index in [-0.39, 0.29) is 17.5 Å². The second-order valence-corrected chi connectivity index (χ2v) is 8.22. The van der Waals surface area contributed by atoms with Crippen LogP contribution in [0.5, 0.6) is 0 Å². The Bertz CT molecular complexity index is 863. The summed E-state index contributed by atoms with van der Waals surface area (Å²) in [6.45, 7) is 1.12. The van der Waals surface area contributed by atoms with E-state index in [1.807, 2.05) is 11.8 Å². The van der Waals surface area contributed by atoms with Gasteiger partial charge in [-0.25, -0.2) is 4.68 Å². The van der Waals surface area contributed by atoms with E-state index in [0.29, 0.717) is 23.5 Å². The van der Waals surface area contributed by atoms with Gasteiger partial charge in [-0.3, -0.25) is 9.59 Å². The Labute approximate surface area is 157 Å². The van der Waals surface area contributed by atoms with Gasteiger partial charge in [-0.15, -0.1) is 0 Å². The van der Waals surface area contributed by atoms with Crippen molar-refractivity contribution in [1.82, 2.24) is 14.7 Å². The molecule has 1 saturated heterocycles. The number of aromatic nitrogens is 2. The Hall–Kier alpha value is -1.54. The molecule has 0 saturated carbocycles. The zero-order chi connectivity index (χ0) is 17.4. The molecule has 25 heavy (non-hydrogen) atoms. The molecule has 6 nitrogen and oxygen atoms in total. The highest BCUT2D eigenvalue weighted by Gasteiger charge is 2.32. The summed E-state index contributed by atoms with van der Waals surface area (Å²) in [5.41, 5.74) is 1.99. The lowest BCUT2D eigenvalue weighted by Crippen LogP contribution is -2.41. The van der Waals surface area contributed by atoms with E-state index in [4.69, 9.17) is 4.42 Å². The average molecular weight is 424 g/mol. The summed E-state index contributed by atoms with van der Waals surface area (Å²) in [7, 11) is 0. The largest absolute Gasteiger partial charge is 0.444 e. The second kappa shape index (κ2) is 6.99. The van der Waals surface area contributed by atoms with Gasteiger partial charge >= 0.3 is 0 Å². The minimum Gasteiger partial charge on any atom is -0.444 e. The molecule has 4 rings (SSSR count). The Balaban J connectivity index is 1.55. The van der Waals surface area contributed by atoms with Crippen molar-refractivity contribution < 1.29 is 9.21 Å². The van der Waals surface area contributed by atoms with E-state index < -0.39 is 0 Å². The van der Waals surface area contributed by atoms with Crippen molar-refractivity contribution in [2.24, 2.45) is 0 Å². The molecule has 2 aliphatic heterocycles. The third-order valence-corrected chi connectivity index (χ3v) is 6.14. The number of furan rings is 1. The van der Waals surface area contributed by atoms with Crippen LogP contribution in [0, 0.1) is 0 Å². The fourth-order valence-electron chi connectivity index (χ4n) is 3.45. The van der Waals surface area contributed by atoms with E-state index in [0.717, 1.165) is 42.0 Å². The van der Waals surface area contributed by atoms with Crippen LogP contribution in [-0.4, -0.2) is 38.9 Å². The summed E-state index contributed by atoms with van der Waals surface area (Å²) in [6.07, 6.45) is 2.69. The van der Waals surface area contributed by atoms with Crippen LogP contribution in [0.2, 0.25) is 0 Å². The fourth-order valence-corrected chi connectivity index (χ4v) is 4.71. The number of aryl methyl sites for hydroxylation is 1. The van der Waals surface area contributed by atoms with E-state index in [9.17, 15) is 9.59 Å². The van der Waals surface area contributed by atoms with Crippen molar-refractivity contribution in [3.8, 4) is 0 Å². The van der Waals surface area contributed by atoms with Crippen LogP contribution in [-0.2, 0) is 18.7 Å². The van der Waals surface area contributed by atoms with Crippen molar-refractivity contribution in [3.05, 3.63) is 50.2 Å². The third-order valence-electron chi connectivity index (χ3n) is 4.71. The number of fused-ring (bicyclic) bond motifs is 1. The van der Waals surface area contributed by atoms with Gasteiger partial charge in [-0.1, -0.05) is 0 Å². The molecule has 0 spiro atoms. The molecule has 1 fully saturated rings. The summed E-state index contributed by atoms with van der Waals surface area (Å²) in [5.74, 6) is 2.09. The van der Waals surface area contributed by atoms with Crippen LogP contribution in [0.15, 0.2) is 32.1 Å². The lowest BCUT2D eigenvalue weighted by Gasteiger charge is -2.24. The molecule has 0 radical (unpaired) electrons. The number of nitrogens with zero attached hydrogens (tertiary/aromatic N) is 3. The van der Waals surface area contributed by atoms with E-state index in [2.05, 4.69) is 21.0 Å². The fraction of sp³-hybridized carbons (Fsp3) is 0.471. The smallest absolute Gasteiger partial charge is 0.289 e. The lowest BCUT2D eigenvalue weighted by atomic mass is 10.2. The molecule has 0 N–H and O–H groups in total. The van der Waals surface area contributed by atoms with Gasteiger partial charge in [-0.2, -0.15) is 16.9 Å². The number of hydrogen-bond acceptors (Lipinski definition) is 5. The molecule has 0 aromatic carbocycles. The van der Waals surface area contributed by atoms with Gasteiger partial charge in [0.1, 0.15) is 0 Å². The summed E-state index contributed by atoms with van der Waals surface area (Å²) in [4.78, 5) is 26.9. The number of hydrogen-bond donors (Lipinski definition) is 0. The Morgan fingerprint density at radius 1 is 1.44 bits per heavy atom. The van der Waals surface area contributed by atoms with Crippen LogP contribution in [0.4, 0.5) is 0 Å². The SMILES string of the molecule is O=C(c1ccc(Br)o1)N1CCCC1Cn1nc2c(cc1=O)CSCC2. The number of rotatable bonds is 3. The topological polar surface area (TPSA) is 68.3 Å². The molecule has 2 aliphatic rings. The highest BCUT2D eigenvalue weighted by Crippen LogP contribution is 2.24. The molecule has 1 atom stereocenters. The second-order valence-electron chi connectivity index (χ2n) is 6.34. The van der Waals surface area contributed by atoms with Crippen molar-refractivity contribution in [2.75, 3.05) is 12.3 Å². The number of amides is 1. The molecule has 2 aromatic rings. The number of carbonyl (C=O) groups is 1. The maximum atomic E-state index is 12.7. The number of likely N-dealkylation sites (tertiary alicyclic amines) is 1. The van der Waals surface area contributed by atoms with E-state index >= 15 is 0 Å². The molecule has 1 amide bonds. The molecule has 0 aliphatic carbocycles. The van der Waals surface area contributed by atoms with Crippen LogP contribution in [0.1, 0.15) is 34.7 Å². The van der Waals surface area contributed by atoms with Gasteiger partial charge in [0.2, 0.25) is 0 Å². The van der Waals surface area contributed by atoms with Gasteiger partial charge in [-0.05, 0) is 52.2 Å². The molecule has 8 heteroatoms. The van der Waals surface area contributed by atoms with Crippen LogP contribution in [0.25, 0.3) is 0 Å². The van der Waals surface area contributed by atoms with Crippen molar-refractivity contribution in [2.45, 2.75) is 37.6 Å². The first-order valence-corrected chi connectivity index (χ1v) is 10.3. The van der Waals surface area contributed by atoms with Gasteiger partial charge < -0.3 is 9.32 Å². The Morgan fingerprint density at radius 3 is 3.12 bits per heavy atom. The minimum atomic E-state index is -0.129. The minimum absolute atomic E-state index is 0.0300. The van der Waals surface area contributed by atoms with E-state index in [1.165, 1.54) is 4.68 Å². The lowest BCUT2D eigenvalue weighted by molar-refractivity contribution is 0.0686. The monoisotopic (exact) mass is 423 g/mol. The van der Waals surface area contributed by atoms with E-state index in [1.54, 1.807) is 23.1 Å². The standard InChI is InChI=1S/C17H18BrN3O3S/c18-15-4-3-14(24-15)17(23)20-6-1-2-12(20)9-21-16(22)8-11-10-25-7-5-13(11)19-21/h3-4,8,12H,1-2,5-7,9-10H2. The predicted octanol–water partition coefficient (Wildman–Crippen LogP) is 2.69. The van der Waals surface area contributed by atoms with Gasteiger partial charge in [0.05, 0.1) is 18.3 Å². The normalized spacial score (nSPS) is 19.9. The summed E-state index contributed by atoms with van der Waals surface area (Å²) in [5, 5.41) is 4.57. The van der Waals surface area contributed by atoms with Crippen molar-refractivity contribution in [3.63, 3.8) is 0 Å². The zero-order valence-electron chi connectivity index (χ0n) is 13.6. The third kappa shape index (κ3) is 3.42. The molecular formula is C17H18BrN3O3S.